The number of hydrogen-bond acceptors (Lipinski definition) is 6. The molecule has 0 saturated heterocycles. The molecule has 114 valence electrons. The van der Waals surface area contributed by atoms with Crippen LogP contribution in [-0.4, -0.2) is 47.0 Å². The van der Waals surface area contributed by atoms with Gasteiger partial charge in [-0.2, -0.15) is 0 Å². The maximum absolute atomic E-state index is 9.86. The van der Waals surface area contributed by atoms with Crippen molar-refractivity contribution < 1.29 is 24.9 Å². The van der Waals surface area contributed by atoms with Crippen LogP contribution in [-0.2, 0) is 11.4 Å². The Morgan fingerprint density at radius 1 is 1.24 bits per heavy atom. The van der Waals surface area contributed by atoms with E-state index in [2.05, 4.69) is 5.16 Å². The number of nitrogens with zero attached hydrogens (tertiary/aromatic N) is 1. The second-order valence-corrected chi connectivity index (χ2v) is 5.61. The first kappa shape index (κ1) is 14.3. The summed E-state index contributed by atoms with van der Waals surface area (Å²) in [6.45, 7) is -0.459. The van der Waals surface area contributed by atoms with Crippen LogP contribution in [0.5, 0.6) is 5.75 Å². The van der Waals surface area contributed by atoms with Gasteiger partial charge in [0.2, 0.25) is 0 Å². The molecule has 2 unspecified atom stereocenters. The number of methoxy groups -OCH3 is 1. The van der Waals surface area contributed by atoms with Crippen LogP contribution in [0.2, 0.25) is 0 Å². The molecule has 6 nitrogen and oxygen atoms in total. The van der Waals surface area contributed by atoms with Gasteiger partial charge in [0, 0.05) is 11.1 Å². The Kier molecular flexibility index (Phi) is 3.39. The average Bonchev–Trinajstić information content (AvgIpc) is 2.74. The monoisotopic (exact) mass is 293 g/mol. The van der Waals surface area contributed by atoms with Crippen LogP contribution < -0.4 is 4.74 Å². The summed E-state index contributed by atoms with van der Waals surface area (Å²) in [6, 6.07) is 5.36. The summed E-state index contributed by atoms with van der Waals surface area (Å²) in [7, 11) is 1.54. The summed E-state index contributed by atoms with van der Waals surface area (Å²) in [5, 5.41) is 33.0. The zero-order valence-electron chi connectivity index (χ0n) is 11.9. The van der Waals surface area contributed by atoms with E-state index in [-0.39, 0.29) is 19.8 Å². The molecule has 0 bridgehead atoms. The lowest BCUT2D eigenvalue weighted by molar-refractivity contribution is -0.184. The van der Waals surface area contributed by atoms with Gasteiger partial charge in [0.15, 0.2) is 5.60 Å². The van der Waals surface area contributed by atoms with Crippen LogP contribution in [0, 0.1) is 5.41 Å². The van der Waals surface area contributed by atoms with Crippen molar-refractivity contribution >= 4 is 5.71 Å². The van der Waals surface area contributed by atoms with E-state index in [0.29, 0.717) is 29.9 Å². The van der Waals surface area contributed by atoms with Crippen molar-refractivity contribution in [3.8, 4) is 5.75 Å². The summed E-state index contributed by atoms with van der Waals surface area (Å²) in [5.74, 6) is 0.598. The highest BCUT2D eigenvalue weighted by molar-refractivity contribution is 6.07. The lowest BCUT2D eigenvalue weighted by Crippen LogP contribution is -2.63. The molecule has 0 amide bonds. The van der Waals surface area contributed by atoms with E-state index in [1.165, 1.54) is 0 Å². The second-order valence-electron chi connectivity index (χ2n) is 5.61. The van der Waals surface area contributed by atoms with Gasteiger partial charge in [-0.25, -0.2) is 0 Å². The predicted molar refractivity (Wildman–Crippen MR) is 75.1 cm³/mol. The molecule has 2 atom stereocenters. The number of ether oxygens (including phenoxy) is 1. The Morgan fingerprint density at radius 3 is 2.57 bits per heavy atom. The summed E-state index contributed by atoms with van der Waals surface area (Å²) < 4.78 is 5.19. The predicted octanol–water partition coefficient (Wildman–Crippen LogP) is 0.425. The normalized spacial score (nSPS) is 30.2. The molecule has 0 spiro atoms. The molecule has 1 aromatic carbocycles. The first-order valence-electron chi connectivity index (χ1n) is 6.93. The first-order chi connectivity index (χ1) is 10.2. The Hall–Kier alpha value is -1.63. The Balaban J connectivity index is 2.02. The molecule has 2 aliphatic rings. The van der Waals surface area contributed by atoms with Crippen molar-refractivity contribution in [1.82, 2.24) is 0 Å². The van der Waals surface area contributed by atoms with Crippen LogP contribution in [0.3, 0.4) is 0 Å². The van der Waals surface area contributed by atoms with E-state index in [1.54, 1.807) is 19.2 Å². The zero-order valence-corrected chi connectivity index (χ0v) is 11.9. The largest absolute Gasteiger partial charge is 0.496 e. The topological polar surface area (TPSA) is 91.5 Å². The van der Waals surface area contributed by atoms with Gasteiger partial charge >= 0.3 is 0 Å². The van der Waals surface area contributed by atoms with Crippen LogP contribution in [0.4, 0.5) is 0 Å². The molecule has 3 N–H and O–H groups in total. The highest BCUT2D eigenvalue weighted by Crippen LogP contribution is 2.57. The van der Waals surface area contributed by atoms with Crippen molar-refractivity contribution in [2.45, 2.75) is 25.0 Å². The van der Waals surface area contributed by atoms with Crippen LogP contribution in [0.25, 0.3) is 0 Å². The van der Waals surface area contributed by atoms with Gasteiger partial charge in [0.1, 0.15) is 5.75 Å². The number of aliphatic hydroxyl groups is 3. The molecule has 1 fully saturated rings. The third kappa shape index (κ3) is 1.73. The number of aliphatic hydroxyl groups excluding tert-OH is 3. The molecule has 1 heterocycles. The highest BCUT2D eigenvalue weighted by atomic mass is 16.7. The second kappa shape index (κ2) is 4.98. The van der Waals surface area contributed by atoms with Gasteiger partial charge in [0.05, 0.1) is 38.1 Å². The summed E-state index contributed by atoms with van der Waals surface area (Å²) in [4.78, 5) is 5.46. The fourth-order valence-electron chi connectivity index (χ4n) is 3.33. The molecule has 1 aliphatic heterocycles. The maximum atomic E-state index is 9.86. The van der Waals surface area contributed by atoms with E-state index >= 15 is 0 Å². The van der Waals surface area contributed by atoms with E-state index in [9.17, 15) is 15.3 Å². The van der Waals surface area contributed by atoms with Gasteiger partial charge in [0.25, 0.3) is 0 Å². The molecular formula is C15H19NO5. The van der Waals surface area contributed by atoms with Crippen molar-refractivity contribution in [2.75, 3.05) is 20.3 Å². The fraction of sp³-hybridized carbons (Fsp3) is 0.533. The molecule has 0 aromatic heterocycles. The number of oxime groups is 1. The highest BCUT2D eigenvalue weighted by Gasteiger charge is 2.67. The third-order valence-corrected chi connectivity index (χ3v) is 4.84. The van der Waals surface area contributed by atoms with Crippen molar-refractivity contribution in [1.29, 1.82) is 0 Å². The minimum absolute atomic E-state index is 0.132. The Labute approximate surface area is 122 Å². The summed E-state index contributed by atoms with van der Waals surface area (Å²) in [6.07, 6.45) is 1.38. The summed E-state index contributed by atoms with van der Waals surface area (Å²) >= 11 is 0. The summed E-state index contributed by atoms with van der Waals surface area (Å²) in [5.41, 5.74) is 0.567. The molecular weight excluding hydrogens is 274 g/mol. The smallest absolute Gasteiger partial charge is 0.174 e. The van der Waals surface area contributed by atoms with Gasteiger partial charge in [-0.1, -0.05) is 5.16 Å². The van der Waals surface area contributed by atoms with Crippen LogP contribution in [0.1, 0.15) is 24.0 Å². The van der Waals surface area contributed by atoms with Crippen molar-refractivity contribution in [2.24, 2.45) is 10.6 Å². The molecule has 1 aliphatic carbocycles. The minimum Gasteiger partial charge on any atom is -0.496 e. The number of hydrogen-bond donors (Lipinski definition) is 3. The molecule has 0 radical (unpaired) electrons. The number of rotatable bonds is 5. The Bertz CT molecular complexity index is 579. The van der Waals surface area contributed by atoms with Crippen molar-refractivity contribution in [3.05, 3.63) is 29.3 Å². The maximum Gasteiger partial charge on any atom is 0.174 e. The molecule has 1 saturated carbocycles. The molecule has 3 rings (SSSR count). The van der Waals surface area contributed by atoms with Crippen molar-refractivity contribution in [3.63, 3.8) is 0 Å². The van der Waals surface area contributed by atoms with E-state index < -0.39 is 11.0 Å². The standard InChI is InChI=1S/C15H19NO5/c1-20-12-3-2-10(6-11(12)7-17)13-14(8-18)4-5-15(14,9-19)21-16-13/h2-3,6,17-19H,4-5,7-9H2,1H3. The SMILES string of the molecule is COc1ccc(C2=NOC3(CO)CCC23CO)cc1CO. The number of benzene rings is 1. The quantitative estimate of drug-likeness (QED) is 0.732. The average molecular weight is 293 g/mol. The lowest BCUT2D eigenvalue weighted by atomic mass is 9.54. The van der Waals surface area contributed by atoms with Gasteiger partial charge in [-0.05, 0) is 31.0 Å². The molecule has 21 heavy (non-hydrogen) atoms. The van der Waals surface area contributed by atoms with E-state index in [0.717, 1.165) is 5.56 Å². The third-order valence-electron chi connectivity index (χ3n) is 4.84. The van der Waals surface area contributed by atoms with Gasteiger partial charge < -0.3 is 24.9 Å². The van der Waals surface area contributed by atoms with Crippen LogP contribution in [0.15, 0.2) is 23.4 Å². The van der Waals surface area contributed by atoms with E-state index in [1.807, 2.05) is 6.07 Å². The van der Waals surface area contributed by atoms with E-state index in [4.69, 9.17) is 9.57 Å². The zero-order chi connectivity index (χ0) is 15.1. The fourth-order valence-corrected chi connectivity index (χ4v) is 3.33. The lowest BCUT2D eigenvalue weighted by Gasteiger charge is -2.50. The first-order valence-corrected chi connectivity index (χ1v) is 6.93. The molecule has 6 heteroatoms. The van der Waals surface area contributed by atoms with Gasteiger partial charge in [-0.15, -0.1) is 0 Å². The number of fused-ring (bicyclic) bond motifs is 1. The Morgan fingerprint density at radius 2 is 2.05 bits per heavy atom. The van der Waals surface area contributed by atoms with Crippen LogP contribution >= 0.6 is 0 Å². The molecule has 1 aromatic rings. The van der Waals surface area contributed by atoms with Gasteiger partial charge in [-0.3, -0.25) is 0 Å². The minimum atomic E-state index is -0.809.